The van der Waals surface area contributed by atoms with Crippen LogP contribution in [0.2, 0.25) is 0 Å². The summed E-state index contributed by atoms with van der Waals surface area (Å²) >= 11 is 0. The third kappa shape index (κ3) is 18.2. The molecule has 4 aromatic rings. The number of hydrogen-bond donors (Lipinski definition) is 13. The molecule has 2 unspecified atom stereocenters. The van der Waals surface area contributed by atoms with Crippen molar-refractivity contribution in [1.29, 1.82) is 0 Å². The van der Waals surface area contributed by atoms with Gasteiger partial charge in [-0.25, -0.2) is 8.78 Å². The molecular weight excluding hydrogens is 960 g/mol. The number of ketones is 3. The van der Waals surface area contributed by atoms with Crippen molar-refractivity contribution < 1.29 is 87.3 Å². The highest BCUT2D eigenvalue weighted by Gasteiger charge is 2.28. The van der Waals surface area contributed by atoms with Gasteiger partial charge in [-0.2, -0.15) is 0 Å². The number of hydrogen-bond acceptors (Lipinski definition) is 16. The lowest BCUT2D eigenvalue weighted by molar-refractivity contribution is -0.132. The maximum absolute atomic E-state index is 14.2. The first kappa shape index (κ1) is 58.6. The molecule has 4 rings (SSSR count). The molecule has 2 atom stereocenters. The Balaban J connectivity index is 1.37. The molecule has 0 aliphatic heterocycles. The van der Waals surface area contributed by atoms with Crippen molar-refractivity contribution in [2.45, 2.75) is 70.9 Å². The highest BCUT2D eigenvalue weighted by Crippen LogP contribution is 2.15. The maximum atomic E-state index is 14.2. The second kappa shape index (κ2) is 27.8. The Morgan fingerprint density at radius 1 is 0.438 bits per heavy atom. The van der Waals surface area contributed by atoms with Gasteiger partial charge in [0.05, 0.1) is 0 Å². The van der Waals surface area contributed by atoms with E-state index in [4.69, 9.17) is 0 Å². The van der Waals surface area contributed by atoms with Gasteiger partial charge in [-0.3, -0.25) is 38.4 Å². The Kier molecular flexibility index (Phi) is 22.3. The summed E-state index contributed by atoms with van der Waals surface area (Å²) in [5.41, 5.74) is -2.64. The Labute approximate surface area is 418 Å². The van der Waals surface area contributed by atoms with Crippen molar-refractivity contribution >= 4 is 97.2 Å². The summed E-state index contributed by atoms with van der Waals surface area (Å²) in [5, 5.41) is 90.4. The van der Waals surface area contributed by atoms with Crippen LogP contribution >= 0.6 is 0 Å². The first-order chi connectivity index (χ1) is 34.4. The Morgan fingerprint density at radius 3 is 1.16 bits per heavy atom. The van der Waals surface area contributed by atoms with Crippen LogP contribution in [0.5, 0.6) is 0 Å². The molecule has 4 aromatic carbocycles. The summed E-state index contributed by atoms with van der Waals surface area (Å²) < 4.78 is 28.4. The van der Waals surface area contributed by atoms with Gasteiger partial charge in [0, 0.05) is 66.4 Å². The highest BCUT2D eigenvalue weighted by atomic mass is 19.1. The fourth-order valence-corrected chi connectivity index (χ4v) is 7.34. The molecule has 0 aliphatic carbocycles. The lowest BCUT2D eigenvalue weighted by Gasteiger charge is -2.23. The van der Waals surface area contributed by atoms with E-state index in [0.29, 0.717) is 0 Å². The molecule has 73 heavy (non-hydrogen) atoms. The Morgan fingerprint density at radius 2 is 0.795 bits per heavy atom. The molecule has 21 nitrogen and oxygen atoms in total. The second-order valence-corrected chi connectivity index (χ2v) is 16.9. The number of amides is 5. The minimum atomic E-state index is -2.12. The third-order valence-electron chi connectivity index (χ3n) is 11.0. The Bertz CT molecular complexity index is 2700. The van der Waals surface area contributed by atoms with Gasteiger partial charge < -0.3 is 66.8 Å². The molecule has 5 amide bonds. The molecule has 0 heterocycles. The molecule has 0 aliphatic rings. The van der Waals surface area contributed by atoms with Crippen molar-refractivity contribution in [3.8, 4) is 0 Å². The molecule has 384 valence electrons. The van der Waals surface area contributed by atoms with Crippen LogP contribution in [0.4, 0.5) is 8.78 Å². The van der Waals surface area contributed by atoms with E-state index in [1.807, 2.05) is 0 Å². The van der Waals surface area contributed by atoms with Crippen LogP contribution in [-0.2, 0) is 19.2 Å². The molecule has 0 spiro atoms. The fraction of sp³-hybridized carbons (Fsp3) is 0.304. The first-order valence-electron chi connectivity index (χ1n) is 22.8. The summed E-state index contributed by atoms with van der Waals surface area (Å²) in [6.45, 7) is 2.42. The van der Waals surface area contributed by atoms with E-state index in [1.54, 1.807) is 0 Å². The number of halogens is 2. The lowest BCUT2D eigenvalue weighted by atomic mass is 9.77. The van der Waals surface area contributed by atoms with Crippen LogP contribution in [0, 0.1) is 11.6 Å². The number of unbranched alkanes of at least 4 members (excludes halogenated alkanes) is 2. The number of carbonyl (C=O) groups excluding carboxylic acids is 8. The van der Waals surface area contributed by atoms with Gasteiger partial charge in [-0.15, -0.1) is 0 Å². The van der Waals surface area contributed by atoms with Crippen LogP contribution in [0.1, 0.15) is 111 Å². The number of Topliss-reactive ketones (excluding diaryl/α,β-unsaturated/α-hetero) is 1. The van der Waals surface area contributed by atoms with Crippen LogP contribution in [0.15, 0.2) is 72.8 Å². The minimum absolute atomic E-state index is 0.00134. The van der Waals surface area contributed by atoms with Gasteiger partial charge in [0.15, 0.2) is 11.6 Å². The summed E-state index contributed by atoms with van der Waals surface area (Å²) in [6.07, 6.45) is 0.907. The van der Waals surface area contributed by atoms with E-state index in [1.165, 1.54) is 13.8 Å². The SMILES string of the molecule is CC(=O)CCNC(=O)C(CCCCNC(=O)c1cc(B(O)O)cc(C(=O)c2cc(F)cc(B(O)O)c2)c1)NC(=O)C(CCCCNC(=O)c1cc(B(O)O)cc(C(=O)c2cc(F)cc(B(O)O)c2)c1)NC(C)=O. The molecule has 0 saturated heterocycles. The van der Waals surface area contributed by atoms with E-state index in [0.717, 1.165) is 72.8 Å². The number of rotatable bonds is 27. The van der Waals surface area contributed by atoms with Crippen molar-refractivity contribution in [3.63, 3.8) is 0 Å². The second-order valence-electron chi connectivity index (χ2n) is 16.9. The summed E-state index contributed by atoms with van der Waals surface area (Å²) in [7, 11) is -8.44. The average molecular weight is 1010 g/mol. The van der Waals surface area contributed by atoms with Crippen molar-refractivity contribution in [2.24, 2.45) is 0 Å². The predicted molar refractivity (Wildman–Crippen MR) is 262 cm³/mol. The standard InChI is InChI=1S/C46H53B4F2N5O16/c1-25(58)9-12-55-45(64)39(7-3-5-10-53-43(62)31-13-27(15-33(19-31)47(66)67)41(60)29-17-35(49(70)71)23-37(51)21-29)57-46(65)40(56-26(2)59)8-4-6-11-54-44(63)32-14-28(16-34(20-32)48(68)69)42(61)30-18-36(50(72)73)24-38(52)22-30/h13-24,39-40,66-73H,3-12H2,1-2H3,(H,53,62)(H,54,63)(H,55,64)(H,56,59)(H,57,65). The van der Waals surface area contributed by atoms with Gasteiger partial charge in [-0.1, -0.05) is 24.3 Å². The van der Waals surface area contributed by atoms with E-state index in [2.05, 4.69) is 26.6 Å². The van der Waals surface area contributed by atoms with Crippen LogP contribution in [-0.4, -0.2) is 147 Å². The molecule has 13 N–H and O–H groups in total. The van der Waals surface area contributed by atoms with Gasteiger partial charge in [0.2, 0.25) is 17.7 Å². The monoisotopic (exact) mass is 1010 g/mol. The number of nitrogens with one attached hydrogen (secondary N) is 5. The van der Waals surface area contributed by atoms with Crippen LogP contribution < -0.4 is 48.4 Å². The molecule has 27 heteroatoms. The topological polar surface area (TPSA) is 359 Å². The summed E-state index contributed by atoms with van der Waals surface area (Å²) in [5.74, 6) is -7.34. The number of benzene rings is 4. The average Bonchev–Trinajstić information content (AvgIpc) is 3.33. The summed E-state index contributed by atoms with van der Waals surface area (Å²) in [4.78, 5) is 104. The molecule has 0 bridgehead atoms. The lowest BCUT2D eigenvalue weighted by Crippen LogP contribution is -2.53. The molecule has 0 saturated carbocycles. The van der Waals surface area contributed by atoms with E-state index in [-0.39, 0.29) is 126 Å². The van der Waals surface area contributed by atoms with E-state index < -0.39 is 93.3 Å². The zero-order valence-corrected chi connectivity index (χ0v) is 39.6. The zero-order valence-electron chi connectivity index (χ0n) is 39.6. The highest BCUT2D eigenvalue weighted by molar-refractivity contribution is 6.60. The molecule has 0 aromatic heterocycles. The van der Waals surface area contributed by atoms with Crippen LogP contribution in [0.25, 0.3) is 0 Å². The normalized spacial score (nSPS) is 11.6. The summed E-state index contributed by atoms with van der Waals surface area (Å²) in [6, 6.07) is 9.55. The largest absolute Gasteiger partial charge is 0.488 e. The molecular formula is C46H53B4F2N5O16. The van der Waals surface area contributed by atoms with E-state index in [9.17, 15) is 87.3 Å². The third-order valence-corrected chi connectivity index (χ3v) is 11.0. The zero-order chi connectivity index (χ0) is 54.1. The van der Waals surface area contributed by atoms with Gasteiger partial charge >= 0.3 is 28.5 Å². The van der Waals surface area contributed by atoms with Gasteiger partial charge in [0.1, 0.15) is 29.5 Å². The van der Waals surface area contributed by atoms with Crippen molar-refractivity contribution in [1.82, 2.24) is 26.6 Å². The quantitative estimate of drug-likeness (QED) is 0.0153. The van der Waals surface area contributed by atoms with Gasteiger partial charge in [-0.05, 0) is 116 Å². The molecule has 0 radical (unpaired) electrons. The van der Waals surface area contributed by atoms with Crippen molar-refractivity contribution in [3.05, 3.63) is 118 Å². The van der Waals surface area contributed by atoms with E-state index >= 15 is 0 Å². The van der Waals surface area contributed by atoms with Gasteiger partial charge in [0.25, 0.3) is 11.8 Å². The maximum Gasteiger partial charge on any atom is 0.488 e. The Hall–Kier alpha value is -6.96. The molecule has 0 fully saturated rings. The first-order valence-corrected chi connectivity index (χ1v) is 22.8. The van der Waals surface area contributed by atoms with Crippen molar-refractivity contribution in [2.75, 3.05) is 19.6 Å². The predicted octanol–water partition coefficient (Wildman–Crippen LogP) is -4.27. The minimum Gasteiger partial charge on any atom is -0.423 e. The van der Waals surface area contributed by atoms with Crippen LogP contribution in [0.3, 0.4) is 0 Å². The smallest absolute Gasteiger partial charge is 0.423 e. The fourth-order valence-electron chi connectivity index (χ4n) is 7.34. The number of carbonyl (C=O) groups is 8.